The van der Waals surface area contributed by atoms with E-state index in [1.54, 1.807) is 31.2 Å². The molecule has 2 atom stereocenters. The van der Waals surface area contributed by atoms with Gasteiger partial charge in [-0.2, -0.15) is 0 Å². The van der Waals surface area contributed by atoms with Gasteiger partial charge in [0.05, 0.1) is 6.04 Å². The molecule has 2 unspecified atom stereocenters. The van der Waals surface area contributed by atoms with Crippen molar-refractivity contribution in [1.29, 1.82) is 0 Å². The summed E-state index contributed by atoms with van der Waals surface area (Å²) < 4.78 is 13.2. The summed E-state index contributed by atoms with van der Waals surface area (Å²) in [5.74, 6) is -1.50. The Labute approximate surface area is 166 Å². The summed E-state index contributed by atoms with van der Waals surface area (Å²) >= 11 is 5.86. The lowest BCUT2D eigenvalue weighted by Gasteiger charge is -2.22. The molecule has 0 saturated carbocycles. The molecule has 0 spiro atoms. The van der Waals surface area contributed by atoms with Crippen molar-refractivity contribution in [2.75, 3.05) is 6.54 Å². The molecule has 8 heteroatoms. The fourth-order valence-electron chi connectivity index (χ4n) is 3.08. The van der Waals surface area contributed by atoms with Crippen LogP contribution < -0.4 is 10.6 Å². The molecule has 146 valence electrons. The lowest BCUT2D eigenvalue weighted by molar-refractivity contribution is -0.135. The molecule has 2 aromatic carbocycles. The Bertz CT molecular complexity index is 917. The van der Waals surface area contributed by atoms with Crippen molar-refractivity contribution in [3.63, 3.8) is 0 Å². The van der Waals surface area contributed by atoms with Crippen LogP contribution in [0.25, 0.3) is 0 Å². The second kappa shape index (κ2) is 7.59. The summed E-state index contributed by atoms with van der Waals surface area (Å²) in [5.41, 5.74) is -0.0804. The monoisotopic (exact) mass is 403 g/mol. The van der Waals surface area contributed by atoms with E-state index in [2.05, 4.69) is 10.6 Å². The van der Waals surface area contributed by atoms with Gasteiger partial charge >= 0.3 is 6.03 Å². The van der Waals surface area contributed by atoms with Crippen LogP contribution in [-0.4, -0.2) is 29.3 Å². The minimum absolute atomic E-state index is 0.325. The number of carbonyl (C=O) groups excluding carboxylic acids is 3. The number of nitrogens with one attached hydrogen (secondary N) is 2. The molecule has 3 rings (SSSR count). The molecule has 1 aliphatic rings. The van der Waals surface area contributed by atoms with Crippen LogP contribution in [0.5, 0.6) is 0 Å². The second-order valence-corrected chi connectivity index (χ2v) is 7.23. The smallest absolute Gasteiger partial charge is 0.325 e. The van der Waals surface area contributed by atoms with E-state index >= 15 is 0 Å². The molecule has 28 heavy (non-hydrogen) atoms. The van der Waals surface area contributed by atoms with Crippen LogP contribution in [0.3, 0.4) is 0 Å². The highest BCUT2D eigenvalue weighted by molar-refractivity contribution is 6.30. The molecule has 1 saturated heterocycles. The lowest BCUT2D eigenvalue weighted by Crippen LogP contribution is -2.43. The number of imide groups is 1. The van der Waals surface area contributed by atoms with Crippen LogP contribution in [0.15, 0.2) is 48.5 Å². The maximum atomic E-state index is 13.2. The number of hydrogen-bond acceptors (Lipinski definition) is 3. The van der Waals surface area contributed by atoms with E-state index in [4.69, 9.17) is 11.6 Å². The molecule has 0 aliphatic carbocycles. The van der Waals surface area contributed by atoms with Gasteiger partial charge in [0.25, 0.3) is 5.91 Å². The van der Waals surface area contributed by atoms with Gasteiger partial charge < -0.3 is 10.6 Å². The zero-order valence-electron chi connectivity index (χ0n) is 15.3. The number of hydrogen-bond donors (Lipinski definition) is 2. The van der Waals surface area contributed by atoms with Gasteiger partial charge in [0.1, 0.15) is 17.9 Å². The summed E-state index contributed by atoms with van der Waals surface area (Å²) in [6.45, 7) is 2.89. The van der Waals surface area contributed by atoms with E-state index < -0.39 is 35.7 Å². The molecule has 2 N–H and O–H groups in total. The Morgan fingerprint density at radius 3 is 2.39 bits per heavy atom. The van der Waals surface area contributed by atoms with Crippen LogP contribution in [0.1, 0.15) is 31.0 Å². The van der Waals surface area contributed by atoms with E-state index in [1.807, 2.05) is 0 Å². The summed E-state index contributed by atoms with van der Waals surface area (Å²) in [6.07, 6.45) is 0. The van der Waals surface area contributed by atoms with Crippen LogP contribution in [0.2, 0.25) is 5.02 Å². The first kappa shape index (κ1) is 19.8. The minimum Gasteiger partial charge on any atom is -0.348 e. The average molecular weight is 404 g/mol. The first-order valence-electron chi connectivity index (χ1n) is 8.65. The zero-order chi connectivity index (χ0) is 20.5. The summed E-state index contributed by atoms with van der Waals surface area (Å²) in [4.78, 5) is 38.3. The van der Waals surface area contributed by atoms with Crippen molar-refractivity contribution < 1.29 is 18.8 Å². The third-order valence-electron chi connectivity index (χ3n) is 4.75. The SMILES string of the molecule is CC(NC(=O)CN1C(=O)NC(C)(c2ccc(F)cc2)C1=O)c1ccc(Cl)cc1. The average Bonchev–Trinajstić information content (AvgIpc) is 2.86. The van der Waals surface area contributed by atoms with E-state index in [9.17, 15) is 18.8 Å². The van der Waals surface area contributed by atoms with Crippen molar-refractivity contribution in [3.05, 3.63) is 70.5 Å². The normalized spacial score (nSPS) is 20.1. The lowest BCUT2D eigenvalue weighted by atomic mass is 9.92. The second-order valence-electron chi connectivity index (χ2n) is 6.79. The van der Waals surface area contributed by atoms with Gasteiger partial charge in [-0.1, -0.05) is 35.9 Å². The molecule has 6 nitrogen and oxygen atoms in total. The maximum absolute atomic E-state index is 13.2. The van der Waals surface area contributed by atoms with Gasteiger partial charge in [-0.05, 0) is 49.2 Å². The van der Waals surface area contributed by atoms with Crippen molar-refractivity contribution in [1.82, 2.24) is 15.5 Å². The van der Waals surface area contributed by atoms with E-state index in [0.29, 0.717) is 10.6 Å². The first-order valence-corrected chi connectivity index (χ1v) is 9.03. The molecule has 2 aromatic rings. The largest absolute Gasteiger partial charge is 0.348 e. The number of amides is 4. The van der Waals surface area contributed by atoms with Crippen molar-refractivity contribution in [3.8, 4) is 0 Å². The number of nitrogens with zero attached hydrogens (tertiary/aromatic N) is 1. The first-order chi connectivity index (χ1) is 13.2. The van der Waals surface area contributed by atoms with Crippen LogP contribution in [0, 0.1) is 5.82 Å². The predicted molar refractivity (Wildman–Crippen MR) is 102 cm³/mol. The quantitative estimate of drug-likeness (QED) is 0.753. The topological polar surface area (TPSA) is 78.5 Å². The predicted octanol–water partition coefficient (Wildman–Crippen LogP) is 3.12. The number of urea groups is 1. The summed E-state index contributed by atoms with van der Waals surface area (Å²) in [6, 6.07) is 11.3. The van der Waals surface area contributed by atoms with Gasteiger partial charge in [0, 0.05) is 5.02 Å². The fraction of sp³-hybridized carbons (Fsp3) is 0.250. The van der Waals surface area contributed by atoms with Gasteiger partial charge in [-0.25, -0.2) is 9.18 Å². The van der Waals surface area contributed by atoms with E-state index in [1.165, 1.54) is 31.2 Å². The number of halogens is 2. The Morgan fingerprint density at radius 2 is 1.79 bits per heavy atom. The number of carbonyl (C=O) groups is 3. The van der Waals surface area contributed by atoms with Crippen LogP contribution in [0.4, 0.5) is 9.18 Å². The maximum Gasteiger partial charge on any atom is 0.325 e. The van der Waals surface area contributed by atoms with Gasteiger partial charge in [-0.15, -0.1) is 0 Å². The molecule has 4 amide bonds. The molecule has 1 heterocycles. The van der Waals surface area contributed by atoms with Gasteiger partial charge in [0.2, 0.25) is 5.91 Å². The Morgan fingerprint density at radius 1 is 1.18 bits per heavy atom. The summed E-state index contributed by atoms with van der Waals surface area (Å²) in [5, 5.41) is 5.92. The molecular weight excluding hydrogens is 385 g/mol. The molecule has 0 bridgehead atoms. The molecule has 1 fully saturated rings. The zero-order valence-corrected chi connectivity index (χ0v) is 16.1. The minimum atomic E-state index is -1.35. The highest BCUT2D eigenvalue weighted by atomic mass is 35.5. The molecule has 0 radical (unpaired) electrons. The Balaban J connectivity index is 1.69. The number of benzene rings is 2. The van der Waals surface area contributed by atoms with Crippen molar-refractivity contribution >= 4 is 29.4 Å². The Hall–Kier alpha value is -2.93. The number of rotatable bonds is 5. The third kappa shape index (κ3) is 3.84. The molecule has 1 aliphatic heterocycles. The van der Waals surface area contributed by atoms with Crippen molar-refractivity contribution in [2.45, 2.75) is 25.4 Å². The Kier molecular flexibility index (Phi) is 5.38. The third-order valence-corrected chi connectivity index (χ3v) is 5.00. The van der Waals surface area contributed by atoms with Crippen LogP contribution in [-0.2, 0) is 15.1 Å². The molecular formula is C20H19ClFN3O3. The highest BCUT2D eigenvalue weighted by Crippen LogP contribution is 2.28. The van der Waals surface area contributed by atoms with Gasteiger partial charge in [-0.3, -0.25) is 14.5 Å². The summed E-state index contributed by atoms with van der Waals surface area (Å²) in [7, 11) is 0. The van der Waals surface area contributed by atoms with Crippen molar-refractivity contribution in [2.24, 2.45) is 0 Å². The van der Waals surface area contributed by atoms with Gasteiger partial charge in [0.15, 0.2) is 0 Å². The molecule has 0 aromatic heterocycles. The highest BCUT2D eigenvalue weighted by Gasteiger charge is 2.49. The fourth-order valence-corrected chi connectivity index (χ4v) is 3.21. The van der Waals surface area contributed by atoms with Crippen LogP contribution >= 0.6 is 11.6 Å². The standard InChI is InChI=1S/C20H19ClFN3O3/c1-12(13-3-7-15(21)8-4-13)23-17(26)11-25-18(27)20(2,24-19(25)28)14-5-9-16(22)10-6-14/h3-10,12H,11H2,1-2H3,(H,23,26)(H,24,28). The van der Waals surface area contributed by atoms with E-state index in [0.717, 1.165) is 10.5 Å². The van der Waals surface area contributed by atoms with E-state index in [-0.39, 0.29) is 6.04 Å².